The SMILES string of the molecule is COCC(=O)N1CCC2(CC1)C[C@H](COC)N(C(C)C)C2. The molecule has 0 N–H and O–H groups in total. The summed E-state index contributed by atoms with van der Waals surface area (Å²) in [5, 5.41) is 0. The Bertz CT molecular complexity index is 351. The Morgan fingerprint density at radius 3 is 2.43 bits per heavy atom. The molecule has 2 saturated heterocycles. The molecule has 1 amide bonds. The Labute approximate surface area is 128 Å². The highest BCUT2D eigenvalue weighted by atomic mass is 16.5. The maximum absolute atomic E-state index is 11.9. The molecular formula is C16H30N2O3. The summed E-state index contributed by atoms with van der Waals surface area (Å²) in [6.07, 6.45) is 3.41. The van der Waals surface area contributed by atoms with Crippen molar-refractivity contribution in [2.75, 3.05) is 47.1 Å². The summed E-state index contributed by atoms with van der Waals surface area (Å²) in [5.74, 6) is 0.125. The monoisotopic (exact) mass is 298 g/mol. The third-order valence-electron chi connectivity index (χ3n) is 5.12. The molecule has 0 aromatic rings. The van der Waals surface area contributed by atoms with Crippen LogP contribution >= 0.6 is 0 Å². The van der Waals surface area contributed by atoms with Crippen LogP contribution in [0.15, 0.2) is 0 Å². The first-order valence-electron chi connectivity index (χ1n) is 8.03. The molecule has 0 saturated carbocycles. The predicted molar refractivity (Wildman–Crippen MR) is 82.2 cm³/mol. The number of methoxy groups -OCH3 is 2. The topological polar surface area (TPSA) is 42.0 Å². The number of piperidine rings is 1. The average Bonchev–Trinajstić information content (AvgIpc) is 2.79. The van der Waals surface area contributed by atoms with E-state index < -0.39 is 0 Å². The van der Waals surface area contributed by atoms with Gasteiger partial charge in [0.05, 0.1) is 6.61 Å². The molecule has 0 aromatic heterocycles. The van der Waals surface area contributed by atoms with Crippen LogP contribution in [0, 0.1) is 5.41 Å². The Hall–Kier alpha value is -0.650. The molecule has 5 heteroatoms. The summed E-state index contributed by atoms with van der Waals surface area (Å²) in [5.41, 5.74) is 0.372. The third kappa shape index (κ3) is 3.76. The fraction of sp³-hybridized carbons (Fsp3) is 0.938. The molecule has 0 aliphatic carbocycles. The molecule has 0 radical (unpaired) electrons. The van der Waals surface area contributed by atoms with Gasteiger partial charge in [0.25, 0.3) is 0 Å². The second-order valence-corrected chi connectivity index (χ2v) is 6.89. The van der Waals surface area contributed by atoms with E-state index in [2.05, 4.69) is 18.7 Å². The van der Waals surface area contributed by atoms with Crippen molar-refractivity contribution in [3.05, 3.63) is 0 Å². The lowest BCUT2D eigenvalue weighted by Crippen LogP contribution is -2.45. The van der Waals surface area contributed by atoms with Crippen molar-refractivity contribution >= 4 is 5.91 Å². The van der Waals surface area contributed by atoms with Crippen molar-refractivity contribution in [1.29, 1.82) is 0 Å². The molecule has 2 heterocycles. The zero-order valence-corrected chi connectivity index (χ0v) is 13.9. The fourth-order valence-corrected chi connectivity index (χ4v) is 3.96. The van der Waals surface area contributed by atoms with Crippen LogP contribution in [0.25, 0.3) is 0 Å². The second kappa shape index (κ2) is 7.07. The Balaban J connectivity index is 1.95. The lowest BCUT2D eigenvalue weighted by Gasteiger charge is -2.39. The number of hydrogen-bond donors (Lipinski definition) is 0. The number of ether oxygens (including phenoxy) is 2. The molecule has 1 atom stereocenters. The van der Waals surface area contributed by atoms with Crippen molar-refractivity contribution < 1.29 is 14.3 Å². The number of amides is 1. The Kier molecular flexibility index (Phi) is 5.63. The summed E-state index contributed by atoms with van der Waals surface area (Å²) < 4.78 is 10.4. The molecule has 0 unspecified atom stereocenters. The highest BCUT2D eigenvalue weighted by Gasteiger charge is 2.46. The maximum Gasteiger partial charge on any atom is 0.248 e. The van der Waals surface area contributed by atoms with E-state index >= 15 is 0 Å². The largest absolute Gasteiger partial charge is 0.383 e. The van der Waals surface area contributed by atoms with Crippen molar-refractivity contribution in [1.82, 2.24) is 9.80 Å². The molecule has 2 fully saturated rings. The van der Waals surface area contributed by atoms with Gasteiger partial charge in [0.2, 0.25) is 5.91 Å². The van der Waals surface area contributed by atoms with Gasteiger partial charge in [-0.15, -0.1) is 0 Å². The first kappa shape index (κ1) is 16.7. The highest BCUT2D eigenvalue weighted by molar-refractivity contribution is 5.77. The standard InChI is InChI=1S/C16H30N2O3/c1-13(2)18-12-16(9-14(18)10-20-3)5-7-17(8-6-16)15(19)11-21-4/h13-14H,5-12H2,1-4H3/t14-/m1/s1. The number of nitrogens with zero attached hydrogens (tertiary/aromatic N) is 2. The van der Waals surface area contributed by atoms with Crippen molar-refractivity contribution in [2.24, 2.45) is 5.41 Å². The van der Waals surface area contributed by atoms with Crippen LogP contribution in [0.4, 0.5) is 0 Å². The van der Waals surface area contributed by atoms with E-state index in [4.69, 9.17) is 9.47 Å². The van der Waals surface area contributed by atoms with Crippen molar-refractivity contribution in [3.63, 3.8) is 0 Å². The van der Waals surface area contributed by atoms with Crippen LogP contribution in [-0.4, -0.2) is 74.9 Å². The normalized spacial score (nSPS) is 26.0. The summed E-state index contributed by atoms with van der Waals surface area (Å²) in [6, 6.07) is 1.08. The molecule has 2 aliphatic heterocycles. The van der Waals surface area contributed by atoms with Crippen LogP contribution in [0.2, 0.25) is 0 Å². The molecular weight excluding hydrogens is 268 g/mol. The number of carbonyl (C=O) groups excluding carboxylic acids is 1. The van der Waals surface area contributed by atoms with Gasteiger partial charge in [-0.3, -0.25) is 9.69 Å². The number of rotatable bonds is 5. The van der Waals surface area contributed by atoms with Crippen LogP contribution in [0.5, 0.6) is 0 Å². The number of carbonyl (C=O) groups is 1. The molecule has 122 valence electrons. The molecule has 0 bridgehead atoms. The van der Waals surface area contributed by atoms with Crippen LogP contribution in [0.3, 0.4) is 0 Å². The Morgan fingerprint density at radius 2 is 1.90 bits per heavy atom. The summed E-state index contributed by atoms with van der Waals surface area (Å²) in [4.78, 5) is 16.4. The summed E-state index contributed by atoms with van der Waals surface area (Å²) >= 11 is 0. The van der Waals surface area contributed by atoms with Gasteiger partial charge in [-0.2, -0.15) is 0 Å². The molecule has 2 aliphatic rings. The van der Waals surface area contributed by atoms with E-state index in [9.17, 15) is 4.79 Å². The molecule has 1 spiro atoms. The first-order chi connectivity index (χ1) is 10.0. The first-order valence-corrected chi connectivity index (χ1v) is 8.03. The van der Waals surface area contributed by atoms with Gasteiger partial charge in [0, 0.05) is 45.9 Å². The van der Waals surface area contributed by atoms with E-state index in [1.54, 1.807) is 14.2 Å². The van der Waals surface area contributed by atoms with E-state index in [-0.39, 0.29) is 12.5 Å². The van der Waals surface area contributed by atoms with E-state index in [1.165, 1.54) is 6.42 Å². The van der Waals surface area contributed by atoms with Gasteiger partial charge in [0.15, 0.2) is 0 Å². The maximum atomic E-state index is 11.9. The lowest BCUT2D eigenvalue weighted by atomic mass is 9.76. The van der Waals surface area contributed by atoms with Gasteiger partial charge >= 0.3 is 0 Å². The van der Waals surface area contributed by atoms with Gasteiger partial charge < -0.3 is 14.4 Å². The van der Waals surface area contributed by atoms with Gasteiger partial charge in [0.1, 0.15) is 6.61 Å². The quantitative estimate of drug-likeness (QED) is 0.769. The highest BCUT2D eigenvalue weighted by Crippen LogP contribution is 2.44. The molecule has 0 aromatic carbocycles. The predicted octanol–water partition coefficient (Wildman–Crippen LogP) is 1.37. The zero-order chi connectivity index (χ0) is 15.5. The van der Waals surface area contributed by atoms with Gasteiger partial charge in [-0.25, -0.2) is 0 Å². The minimum absolute atomic E-state index is 0.125. The fourth-order valence-electron chi connectivity index (χ4n) is 3.96. The Morgan fingerprint density at radius 1 is 1.24 bits per heavy atom. The number of likely N-dealkylation sites (tertiary alicyclic amines) is 2. The second-order valence-electron chi connectivity index (χ2n) is 6.89. The number of hydrogen-bond acceptors (Lipinski definition) is 4. The van der Waals surface area contributed by atoms with Gasteiger partial charge in [-0.1, -0.05) is 0 Å². The average molecular weight is 298 g/mol. The lowest BCUT2D eigenvalue weighted by molar-refractivity contribution is -0.137. The minimum Gasteiger partial charge on any atom is -0.383 e. The van der Waals surface area contributed by atoms with Crippen LogP contribution < -0.4 is 0 Å². The third-order valence-corrected chi connectivity index (χ3v) is 5.12. The minimum atomic E-state index is 0.125. The van der Waals surface area contributed by atoms with Crippen molar-refractivity contribution in [2.45, 2.75) is 45.2 Å². The molecule has 21 heavy (non-hydrogen) atoms. The molecule has 2 rings (SSSR count). The smallest absolute Gasteiger partial charge is 0.248 e. The zero-order valence-electron chi connectivity index (χ0n) is 13.9. The van der Waals surface area contributed by atoms with E-state index in [0.29, 0.717) is 17.5 Å². The summed E-state index contributed by atoms with van der Waals surface area (Å²) in [7, 11) is 3.37. The van der Waals surface area contributed by atoms with Crippen LogP contribution in [-0.2, 0) is 14.3 Å². The van der Waals surface area contributed by atoms with Crippen LogP contribution in [0.1, 0.15) is 33.1 Å². The van der Waals surface area contributed by atoms with Crippen molar-refractivity contribution in [3.8, 4) is 0 Å². The van der Waals surface area contributed by atoms with E-state index in [0.717, 1.165) is 39.1 Å². The summed E-state index contributed by atoms with van der Waals surface area (Å²) in [6.45, 7) is 8.42. The van der Waals surface area contributed by atoms with Gasteiger partial charge in [-0.05, 0) is 38.5 Å². The van der Waals surface area contributed by atoms with E-state index in [1.807, 2.05) is 4.90 Å². The molecule has 5 nitrogen and oxygen atoms in total.